The smallest absolute Gasteiger partial charge is 0.408 e. The van der Waals surface area contributed by atoms with Crippen molar-refractivity contribution in [2.45, 2.75) is 6.42 Å². The highest BCUT2D eigenvalue weighted by Gasteiger charge is 2.09. The number of H-pyrrole nitrogens is 1. The van der Waals surface area contributed by atoms with Crippen LogP contribution in [0.4, 0.5) is 0 Å². The van der Waals surface area contributed by atoms with Crippen molar-refractivity contribution in [3.8, 4) is 11.3 Å². The van der Waals surface area contributed by atoms with Crippen LogP contribution in [0.3, 0.4) is 0 Å². The van der Waals surface area contributed by atoms with Gasteiger partial charge in [-0.2, -0.15) is 5.10 Å². The first kappa shape index (κ1) is 11.7. The molecule has 98 valence electrons. The Hall–Kier alpha value is -2.34. The molecule has 0 aliphatic heterocycles. The van der Waals surface area contributed by atoms with Crippen LogP contribution < -0.4 is 11.5 Å². The van der Waals surface area contributed by atoms with Crippen molar-refractivity contribution in [3.05, 3.63) is 40.5 Å². The van der Waals surface area contributed by atoms with E-state index in [-0.39, 0.29) is 5.76 Å². The SMILES string of the molecule is Cn1c(=O)oc2ccc(-c3cc(CCN)[nH]n3)cc21. The number of nitrogens with one attached hydrogen (secondary N) is 1. The molecule has 3 rings (SSSR count). The maximum Gasteiger partial charge on any atom is 0.419 e. The molecule has 0 unspecified atom stereocenters. The molecule has 0 fully saturated rings. The number of aromatic nitrogens is 3. The lowest BCUT2D eigenvalue weighted by Crippen LogP contribution is -2.08. The summed E-state index contributed by atoms with van der Waals surface area (Å²) in [6, 6.07) is 7.52. The second-order valence-corrected chi connectivity index (χ2v) is 4.43. The molecule has 3 aromatic rings. The van der Waals surface area contributed by atoms with Crippen LogP contribution in [0.1, 0.15) is 5.69 Å². The number of aromatic amines is 1. The van der Waals surface area contributed by atoms with Gasteiger partial charge in [0.1, 0.15) is 0 Å². The van der Waals surface area contributed by atoms with Gasteiger partial charge in [-0.3, -0.25) is 9.67 Å². The van der Waals surface area contributed by atoms with E-state index in [2.05, 4.69) is 10.2 Å². The largest absolute Gasteiger partial charge is 0.419 e. The predicted molar refractivity (Wildman–Crippen MR) is 71.8 cm³/mol. The lowest BCUT2D eigenvalue weighted by Gasteiger charge is -1.97. The van der Waals surface area contributed by atoms with Crippen LogP contribution in [-0.2, 0) is 13.5 Å². The number of hydrogen-bond acceptors (Lipinski definition) is 4. The molecule has 19 heavy (non-hydrogen) atoms. The number of fused-ring (bicyclic) bond motifs is 1. The van der Waals surface area contributed by atoms with Gasteiger partial charge in [0.2, 0.25) is 0 Å². The summed E-state index contributed by atoms with van der Waals surface area (Å²) in [5, 5.41) is 7.20. The fourth-order valence-corrected chi connectivity index (χ4v) is 2.08. The summed E-state index contributed by atoms with van der Waals surface area (Å²) < 4.78 is 6.57. The van der Waals surface area contributed by atoms with Crippen molar-refractivity contribution < 1.29 is 4.42 Å². The highest BCUT2D eigenvalue weighted by Crippen LogP contribution is 2.22. The Morgan fingerprint density at radius 3 is 3.05 bits per heavy atom. The van der Waals surface area contributed by atoms with Crippen LogP contribution >= 0.6 is 0 Å². The molecule has 6 nitrogen and oxygen atoms in total. The molecule has 0 saturated heterocycles. The molecule has 3 N–H and O–H groups in total. The zero-order valence-corrected chi connectivity index (χ0v) is 10.5. The number of rotatable bonds is 3. The normalized spacial score (nSPS) is 11.3. The van der Waals surface area contributed by atoms with Gasteiger partial charge in [0.05, 0.1) is 11.2 Å². The van der Waals surface area contributed by atoms with Gasteiger partial charge in [-0.15, -0.1) is 0 Å². The summed E-state index contributed by atoms with van der Waals surface area (Å²) in [6.07, 6.45) is 0.763. The molecular weight excluding hydrogens is 244 g/mol. The second-order valence-electron chi connectivity index (χ2n) is 4.43. The first-order valence-corrected chi connectivity index (χ1v) is 6.03. The summed E-state index contributed by atoms with van der Waals surface area (Å²) in [5.41, 5.74) is 9.61. The molecule has 0 spiro atoms. The minimum absolute atomic E-state index is 0.363. The van der Waals surface area contributed by atoms with Crippen molar-refractivity contribution in [1.29, 1.82) is 0 Å². The predicted octanol–water partition coefficient (Wildman–Crippen LogP) is 1.02. The number of nitrogens with two attached hydrogens (primary N) is 1. The van der Waals surface area contributed by atoms with Gasteiger partial charge < -0.3 is 10.2 Å². The lowest BCUT2D eigenvalue weighted by atomic mass is 10.1. The molecule has 6 heteroatoms. The molecule has 0 saturated carbocycles. The number of nitrogens with zero attached hydrogens (tertiary/aromatic N) is 2. The van der Waals surface area contributed by atoms with E-state index in [0.29, 0.717) is 12.1 Å². The zero-order chi connectivity index (χ0) is 13.4. The van der Waals surface area contributed by atoms with Crippen molar-refractivity contribution >= 4 is 11.1 Å². The van der Waals surface area contributed by atoms with E-state index >= 15 is 0 Å². The number of aryl methyl sites for hydroxylation is 1. The molecule has 0 aliphatic rings. The molecule has 2 heterocycles. The monoisotopic (exact) mass is 258 g/mol. The fourth-order valence-electron chi connectivity index (χ4n) is 2.08. The van der Waals surface area contributed by atoms with Gasteiger partial charge in [-0.25, -0.2) is 4.79 Å². The lowest BCUT2D eigenvalue weighted by molar-refractivity contribution is 0.528. The van der Waals surface area contributed by atoms with E-state index in [0.717, 1.165) is 28.9 Å². The molecular formula is C13H14N4O2. The molecule has 0 amide bonds. The van der Waals surface area contributed by atoms with Crippen molar-refractivity contribution in [2.24, 2.45) is 12.8 Å². The van der Waals surface area contributed by atoms with Crippen molar-refractivity contribution in [2.75, 3.05) is 6.54 Å². The quantitative estimate of drug-likeness (QED) is 0.734. The van der Waals surface area contributed by atoms with Crippen LogP contribution in [0.2, 0.25) is 0 Å². The van der Waals surface area contributed by atoms with Gasteiger partial charge >= 0.3 is 5.76 Å². The second kappa shape index (κ2) is 4.40. The van der Waals surface area contributed by atoms with Crippen LogP contribution in [0.25, 0.3) is 22.4 Å². The summed E-state index contributed by atoms with van der Waals surface area (Å²) in [6.45, 7) is 0.580. The summed E-state index contributed by atoms with van der Waals surface area (Å²) in [5.74, 6) is -0.363. The van der Waals surface area contributed by atoms with Crippen LogP contribution in [0.5, 0.6) is 0 Å². The zero-order valence-electron chi connectivity index (χ0n) is 10.5. The highest BCUT2D eigenvalue weighted by molar-refractivity contribution is 5.79. The number of benzene rings is 1. The molecule has 2 aromatic heterocycles. The minimum Gasteiger partial charge on any atom is -0.408 e. The average Bonchev–Trinajstić information content (AvgIpc) is 2.97. The maximum atomic E-state index is 11.4. The number of oxazole rings is 1. The third-order valence-electron chi connectivity index (χ3n) is 3.13. The summed E-state index contributed by atoms with van der Waals surface area (Å²) in [4.78, 5) is 11.4. The Morgan fingerprint density at radius 2 is 2.26 bits per heavy atom. The Kier molecular flexibility index (Phi) is 2.72. The van der Waals surface area contributed by atoms with E-state index < -0.39 is 0 Å². The Bertz CT molecular complexity index is 781. The minimum atomic E-state index is -0.363. The van der Waals surface area contributed by atoms with Gasteiger partial charge in [-0.1, -0.05) is 0 Å². The van der Waals surface area contributed by atoms with Crippen molar-refractivity contribution in [1.82, 2.24) is 14.8 Å². The first-order chi connectivity index (χ1) is 9.19. The summed E-state index contributed by atoms with van der Waals surface area (Å²) >= 11 is 0. The van der Waals surface area contributed by atoms with Gasteiger partial charge in [0.25, 0.3) is 0 Å². The van der Waals surface area contributed by atoms with Crippen LogP contribution in [0.15, 0.2) is 33.5 Å². The first-order valence-electron chi connectivity index (χ1n) is 6.03. The van der Waals surface area contributed by atoms with Crippen LogP contribution in [0, 0.1) is 0 Å². The van der Waals surface area contributed by atoms with E-state index in [1.54, 1.807) is 13.1 Å². The molecule has 1 aromatic carbocycles. The van der Waals surface area contributed by atoms with E-state index in [4.69, 9.17) is 10.2 Å². The fraction of sp³-hybridized carbons (Fsp3) is 0.231. The number of hydrogen-bond donors (Lipinski definition) is 2. The average molecular weight is 258 g/mol. The van der Waals surface area contributed by atoms with Gasteiger partial charge in [0, 0.05) is 24.7 Å². The maximum absolute atomic E-state index is 11.4. The summed E-state index contributed by atoms with van der Waals surface area (Å²) in [7, 11) is 1.68. The molecule has 0 atom stereocenters. The molecule has 0 aliphatic carbocycles. The van der Waals surface area contributed by atoms with E-state index in [1.165, 1.54) is 4.57 Å². The van der Waals surface area contributed by atoms with E-state index in [9.17, 15) is 4.79 Å². The van der Waals surface area contributed by atoms with Gasteiger partial charge in [-0.05, 0) is 30.8 Å². The topological polar surface area (TPSA) is 89.8 Å². The Balaban J connectivity index is 2.08. The molecule has 0 bridgehead atoms. The van der Waals surface area contributed by atoms with Gasteiger partial charge in [0.15, 0.2) is 5.58 Å². The molecule has 0 radical (unpaired) electrons. The van der Waals surface area contributed by atoms with Crippen molar-refractivity contribution in [3.63, 3.8) is 0 Å². The highest BCUT2D eigenvalue weighted by atomic mass is 16.4. The van der Waals surface area contributed by atoms with E-state index in [1.807, 2.05) is 18.2 Å². The standard InChI is InChI=1S/C13H14N4O2/c1-17-11-6-8(2-3-12(11)19-13(17)18)10-7-9(4-5-14)15-16-10/h2-3,6-7H,4-5,14H2,1H3,(H,15,16). The Labute approximate surface area is 108 Å². The van der Waals surface area contributed by atoms with Crippen LogP contribution in [-0.4, -0.2) is 21.3 Å². The Morgan fingerprint density at radius 1 is 1.42 bits per heavy atom. The third-order valence-corrected chi connectivity index (χ3v) is 3.13. The third kappa shape index (κ3) is 1.96.